The third-order valence-corrected chi connectivity index (χ3v) is 6.12. The first-order valence-corrected chi connectivity index (χ1v) is 11.2. The van der Waals surface area contributed by atoms with Crippen LogP contribution in [-0.2, 0) is 9.59 Å². The topological polar surface area (TPSA) is 92.2 Å². The van der Waals surface area contributed by atoms with Gasteiger partial charge in [-0.1, -0.05) is 64.6 Å². The third-order valence-electron chi connectivity index (χ3n) is 4.74. The van der Waals surface area contributed by atoms with Gasteiger partial charge in [0.05, 0.1) is 32.0 Å². The van der Waals surface area contributed by atoms with Gasteiger partial charge in [0.1, 0.15) is 5.69 Å². The highest BCUT2D eigenvalue weighted by molar-refractivity contribution is 6.46. The predicted molar refractivity (Wildman–Crippen MR) is 136 cm³/mol. The van der Waals surface area contributed by atoms with E-state index in [1.807, 2.05) is 0 Å². The van der Waals surface area contributed by atoms with E-state index in [0.717, 1.165) is 0 Å². The second-order valence-electron chi connectivity index (χ2n) is 7.00. The number of anilines is 2. The van der Waals surface area contributed by atoms with Crippen molar-refractivity contribution in [2.24, 2.45) is 0 Å². The average Bonchev–Trinajstić information content (AvgIpc) is 3.15. The summed E-state index contributed by atoms with van der Waals surface area (Å²) < 4.78 is 1.19. The number of aromatic nitrogens is 1. The lowest BCUT2D eigenvalue weighted by atomic mass is 10.2. The van der Waals surface area contributed by atoms with Crippen molar-refractivity contribution in [1.29, 1.82) is 0 Å². The lowest BCUT2D eigenvalue weighted by Gasteiger charge is -2.13. The van der Waals surface area contributed by atoms with Crippen LogP contribution in [0.1, 0.15) is 10.5 Å². The molecule has 7 nitrogen and oxygen atoms in total. The minimum Gasteiger partial charge on any atom is -0.319 e. The molecule has 4 aromatic rings. The molecular weight excluding hydrogens is 522 g/mol. The summed E-state index contributed by atoms with van der Waals surface area (Å²) in [4.78, 5) is 38.3. The Morgan fingerprint density at radius 3 is 2.18 bits per heavy atom. The van der Waals surface area contributed by atoms with E-state index in [1.54, 1.807) is 54.6 Å². The first-order chi connectivity index (χ1) is 16.2. The molecule has 3 amide bonds. The average molecular weight is 536 g/mol. The summed E-state index contributed by atoms with van der Waals surface area (Å²) in [6.45, 7) is 0. The van der Waals surface area contributed by atoms with Gasteiger partial charge in [-0.2, -0.15) is 0 Å². The molecule has 11 heteroatoms. The van der Waals surface area contributed by atoms with Crippen LogP contribution < -0.4 is 16.1 Å². The Kier molecular flexibility index (Phi) is 7.00. The summed E-state index contributed by atoms with van der Waals surface area (Å²) in [6, 6.07) is 17.6. The summed E-state index contributed by atoms with van der Waals surface area (Å²) in [5.74, 6) is -2.63. The maximum absolute atomic E-state index is 13.1. The van der Waals surface area contributed by atoms with Gasteiger partial charge in [-0.05, 0) is 48.5 Å². The van der Waals surface area contributed by atoms with Crippen LogP contribution in [0.15, 0.2) is 66.7 Å². The third kappa shape index (κ3) is 4.98. The van der Waals surface area contributed by atoms with Gasteiger partial charge in [0.25, 0.3) is 5.91 Å². The number of para-hydroxylation sites is 1. The van der Waals surface area contributed by atoms with Gasteiger partial charge in [-0.15, -0.1) is 0 Å². The Morgan fingerprint density at radius 1 is 0.706 bits per heavy atom. The van der Waals surface area contributed by atoms with E-state index in [1.165, 1.54) is 16.8 Å². The zero-order valence-electron chi connectivity index (χ0n) is 17.0. The molecule has 3 aromatic carbocycles. The summed E-state index contributed by atoms with van der Waals surface area (Å²) in [5, 5.41) is 6.72. The van der Waals surface area contributed by atoms with E-state index < -0.39 is 17.7 Å². The first kappa shape index (κ1) is 23.9. The minimum absolute atomic E-state index is 0.0409. The molecule has 1 aromatic heterocycles. The van der Waals surface area contributed by atoms with Crippen molar-refractivity contribution in [2.75, 3.05) is 16.1 Å². The van der Waals surface area contributed by atoms with E-state index in [4.69, 9.17) is 46.4 Å². The van der Waals surface area contributed by atoms with Crippen molar-refractivity contribution >= 4 is 86.4 Å². The van der Waals surface area contributed by atoms with Gasteiger partial charge in [-0.3, -0.25) is 19.8 Å². The molecule has 0 aliphatic rings. The van der Waals surface area contributed by atoms with Gasteiger partial charge in [0, 0.05) is 10.4 Å². The molecule has 0 saturated carbocycles. The first-order valence-electron chi connectivity index (χ1n) is 9.68. The number of nitrogens with one attached hydrogen (secondary N) is 3. The standard InChI is InChI=1S/C23H14Cl4N4O3/c24-13-8-9-18-12(10-13)11-19(21(32)28-16-6-2-1-4-14(16)25)31(18)30-23(34)22(33)29-17-7-3-5-15(26)20(17)27/h1-11H,(H,28,32)(H,29,33)(H,30,34). The van der Waals surface area contributed by atoms with Crippen LogP contribution in [0, 0.1) is 0 Å². The van der Waals surface area contributed by atoms with Crippen molar-refractivity contribution in [2.45, 2.75) is 0 Å². The number of benzene rings is 3. The van der Waals surface area contributed by atoms with E-state index in [-0.39, 0.29) is 21.4 Å². The predicted octanol–water partition coefficient (Wildman–Crippen LogP) is 6.22. The molecule has 0 spiro atoms. The maximum Gasteiger partial charge on any atom is 0.328 e. The van der Waals surface area contributed by atoms with Crippen LogP contribution in [0.2, 0.25) is 20.1 Å². The van der Waals surface area contributed by atoms with Crippen molar-refractivity contribution in [1.82, 2.24) is 4.68 Å². The molecule has 3 N–H and O–H groups in total. The van der Waals surface area contributed by atoms with Crippen LogP contribution in [0.5, 0.6) is 0 Å². The van der Waals surface area contributed by atoms with Gasteiger partial charge >= 0.3 is 11.8 Å². The fourth-order valence-corrected chi connectivity index (χ4v) is 3.87. The maximum atomic E-state index is 13.1. The molecule has 0 fully saturated rings. The molecule has 172 valence electrons. The van der Waals surface area contributed by atoms with E-state index in [0.29, 0.717) is 26.6 Å². The number of hydrogen-bond acceptors (Lipinski definition) is 3. The lowest BCUT2D eigenvalue weighted by molar-refractivity contribution is -0.133. The largest absolute Gasteiger partial charge is 0.328 e. The molecule has 0 atom stereocenters. The van der Waals surface area contributed by atoms with Gasteiger partial charge in [0.15, 0.2) is 0 Å². The number of hydrogen-bond donors (Lipinski definition) is 3. The van der Waals surface area contributed by atoms with E-state index in [2.05, 4.69) is 16.1 Å². The number of fused-ring (bicyclic) bond motifs is 1. The second kappa shape index (κ2) is 9.95. The monoisotopic (exact) mass is 534 g/mol. The summed E-state index contributed by atoms with van der Waals surface area (Å²) in [7, 11) is 0. The Labute approximate surface area is 213 Å². The van der Waals surface area contributed by atoms with Crippen molar-refractivity contribution in [3.63, 3.8) is 0 Å². The van der Waals surface area contributed by atoms with Gasteiger partial charge in [-0.25, -0.2) is 4.68 Å². The molecule has 0 aliphatic carbocycles. The van der Waals surface area contributed by atoms with Gasteiger partial charge < -0.3 is 10.6 Å². The summed E-state index contributed by atoms with van der Waals surface area (Å²) in [5.41, 5.74) is 3.46. The molecule has 0 bridgehead atoms. The molecule has 4 rings (SSSR count). The highest BCUT2D eigenvalue weighted by atomic mass is 35.5. The van der Waals surface area contributed by atoms with Crippen LogP contribution in [0.25, 0.3) is 10.9 Å². The number of amides is 3. The van der Waals surface area contributed by atoms with E-state index >= 15 is 0 Å². The SMILES string of the molecule is O=C(Nc1cccc(Cl)c1Cl)C(=O)Nn1c(C(=O)Nc2ccccc2Cl)cc2cc(Cl)ccc21. The van der Waals surface area contributed by atoms with Crippen LogP contribution in [0.3, 0.4) is 0 Å². The Balaban J connectivity index is 1.65. The normalized spacial score (nSPS) is 10.7. The zero-order valence-corrected chi connectivity index (χ0v) is 20.1. The fraction of sp³-hybridized carbons (Fsp3) is 0. The number of carbonyl (C=O) groups excluding carboxylic acids is 3. The lowest BCUT2D eigenvalue weighted by Crippen LogP contribution is -2.36. The number of rotatable bonds is 4. The summed E-state index contributed by atoms with van der Waals surface area (Å²) in [6.07, 6.45) is 0. The van der Waals surface area contributed by atoms with Crippen LogP contribution in [0.4, 0.5) is 11.4 Å². The highest BCUT2D eigenvalue weighted by Crippen LogP contribution is 2.29. The Morgan fingerprint density at radius 2 is 1.41 bits per heavy atom. The highest BCUT2D eigenvalue weighted by Gasteiger charge is 2.22. The van der Waals surface area contributed by atoms with Crippen LogP contribution >= 0.6 is 46.4 Å². The fourth-order valence-electron chi connectivity index (χ4n) is 3.15. The smallest absolute Gasteiger partial charge is 0.319 e. The number of nitrogens with zero attached hydrogens (tertiary/aromatic N) is 1. The molecule has 34 heavy (non-hydrogen) atoms. The molecule has 0 radical (unpaired) electrons. The molecule has 0 aliphatic heterocycles. The van der Waals surface area contributed by atoms with Crippen molar-refractivity contribution < 1.29 is 14.4 Å². The number of carbonyl (C=O) groups is 3. The Bertz CT molecular complexity index is 1450. The molecule has 1 heterocycles. The van der Waals surface area contributed by atoms with E-state index in [9.17, 15) is 14.4 Å². The quantitative estimate of drug-likeness (QED) is 0.271. The zero-order chi connectivity index (χ0) is 24.4. The van der Waals surface area contributed by atoms with Crippen LogP contribution in [-0.4, -0.2) is 22.4 Å². The van der Waals surface area contributed by atoms with Crippen molar-refractivity contribution in [3.8, 4) is 0 Å². The number of halogens is 4. The molecule has 0 saturated heterocycles. The Hall–Kier alpha value is -3.23. The van der Waals surface area contributed by atoms with Gasteiger partial charge in [0.2, 0.25) is 0 Å². The molecular formula is C23H14Cl4N4O3. The van der Waals surface area contributed by atoms with Crippen molar-refractivity contribution in [3.05, 3.63) is 92.5 Å². The summed E-state index contributed by atoms with van der Waals surface area (Å²) >= 11 is 24.2. The minimum atomic E-state index is -1.05. The second-order valence-corrected chi connectivity index (χ2v) is 8.63. The molecule has 0 unspecified atom stereocenters.